The first-order valence-electron chi connectivity index (χ1n) is 6.85. The third-order valence-corrected chi connectivity index (χ3v) is 2.15. The van der Waals surface area contributed by atoms with Gasteiger partial charge in [-0.2, -0.15) is 0 Å². The van der Waals surface area contributed by atoms with Gasteiger partial charge >= 0.3 is 0 Å². The van der Waals surface area contributed by atoms with E-state index in [1.54, 1.807) is 0 Å². The lowest BCUT2D eigenvalue weighted by atomic mass is 10.1. The van der Waals surface area contributed by atoms with Crippen LogP contribution in [0.25, 0.3) is 6.08 Å². The predicted octanol–water partition coefficient (Wildman–Crippen LogP) is 6.53. The Morgan fingerprint density at radius 1 is 0.900 bits per heavy atom. The fraction of sp³-hybridized carbons (Fsp3) is 0.200. The van der Waals surface area contributed by atoms with Gasteiger partial charge in [-0.05, 0) is 25.0 Å². The molecule has 0 atom stereocenters. The van der Waals surface area contributed by atoms with E-state index in [0.29, 0.717) is 0 Å². The van der Waals surface area contributed by atoms with Gasteiger partial charge in [0.15, 0.2) is 0 Å². The summed E-state index contributed by atoms with van der Waals surface area (Å²) in [4.78, 5) is 0. The summed E-state index contributed by atoms with van der Waals surface area (Å²) in [6, 6.07) is 8.40. The highest BCUT2D eigenvalue weighted by Crippen LogP contribution is 2.07. The number of rotatable bonds is 4. The van der Waals surface area contributed by atoms with Crippen molar-refractivity contribution in [1.29, 1.82) is 0 Å². The van der Waals surface area contributed by atoms with Gasteiger partial charge in [-0.1, -0.05) is 86.7 Å². The quantitative estimate of drug-likeness (QED) is 0.430. The van der Waals surface area contributed by atoms with Gasteiger partial charge in [-0.25, -0.2) is 0 Å². The standard InChI is InChI=1S/C16H18.C2H6.C2H4/c1-13(2)5-6-14(3)7-10-16-11-8-15(4)9-12-16;2*1-2/h5-12H,1,3H2,2,4H3;1-2H3;1-2H2/b6-5-,10-7+;;. The molecular weight excluding hydrogens is 240 g/mol. The number of hydrogen-bond donors (Lipinski definition) is 0. The zero-order valence-electron chi connectivity index (χ0n) is 13.4. The molecule has 1 aromatic carbocycles. The summed E-state index contributed by atoms with van der Waals surface area (Å²) in [5.41, 5.74) is 4.47. The van der Waals surface area contributed by atoms with E-state index in [0.717, 1.165) is 11.1 Å². The lowest BCUT2D eigenvalue weighted by Crippen LogP contribution is -1.74. The number of hydrogen-bond acceptors (Lipinski definition) is 0. The summed E-state index contributed by atoms with van der Waals surface area (Å²) in [6.07, 6.45) is 7.99. The first-order chi connectivity index (χ1) is 9.58. The van der Waals surface area contributed by atoms with E-state index >= 15 is 0 Å². The van der Waals surface area contributed by atoms with Crippen LogP contribution in [0.3, 0.4) is 0 Å². The Bertz CT molecular complexity index is 441. The Kier molecular flexibility index (Phi) is 13.5. The van der Waals surface area contributed by atoms with E-state index in [4.69, 9.17) is 0 Å². The van der Waals surface area contributed by atoms with E-state index in [9.17, 15) is 0 Å². The average Bonchev–Trinajstić information content (AvgIpc) is 2.48. The Balaban J connectivity index is 0. The summed E-state index contributed by atoms with van der Waals surface area (Å²) < 4.78 is 0. The van der Waals surface area contributed by atoms with Crippen molar-refractivity contribution in [3.8, 4) is 0 Å². The Hall–Kier alpha value is -2.08. The van der Waals surface area contributed by atoms with Gasteiger partial charge in [0.05, 0.1) is 0 Å². The van der Waals surface area contributed by atoms with Crippen LogP contribution in [0, 0.1) is 6.92 Å². The van der Waals surface area contributed by atoms with E-state index in [2.05, 4.69) is 63.6 Å². The third kappa shape index (κ3) is 11.0. The van der Waals surface area contributed by atoms with Crippen molar-refractivity contribution in [2.24, 2.45) is 0 Å². The van der Waals surface area contributed by atoms with Gasteiger partial charge in [0.1, 0.15) is 0 Å². The van der Waals surface area contributed by atoms with Gasteiger partial charge in [0.2, 0.25) is 0 Å². The molecule has 0 heterocycles. The first kappa shape index (κ1) is 20.2. The zero-order valence-corrected chi connectivity index (χ0v) is 13.4. The van der Waals surface area contributed by atoms with Crippen LogP contribution in [0.5, 0.6) is 0 Å². The van der Waals surface area contributed by atoms with E-state index < -0.39 is 0 Å². The van der Waals surface area contributed by atoms with Crippen molar-refractivity contribution >= 4 is 6.08 Å². The maximum absolute atomic E-state index is 3.94. The Morgan fingerprint density at radius 3 is 1.85 bits per heavy atom. The molecule has 0 N–H and O–H groups in total. The molecule has 0 heteroatoms. The van der Waals surface area contributed by atoms with Crippen molar-refractivity contribution < 1.29 is 0 Å². The van der Waals surface area contributed by atoms with Gasteiger partial charge in [-0.3, -0.25) is 0 Å². The molecule has 20 heavy (non-hydrogen) atoms. The molecular formula is C20H28. The Morgan fingerprint density at radius 2 is 1.40 bits per heavy atom. The predicted molar refractivity (Wildman–Crippen MR) is 95.9 cm³/mol. The molecule has 108 valence electrons. The van der Waals surface area contributed by atoms with Crippen molar-refractivity contribution in [2.75, 3.05) is 0 Å². The fourth-order valence-electron chi connectivity index (χ4n) is 1.19. The summed E-state index contributed by atoms with van der Waals surface area (Å²) in [5, 5.41) is 0. The lowest BCUT2D eigenvalue weighted by molar-refractivity contribution is 1.46. The highest BCUT2D eigenvalue weighted by Gasteiger charge is 1.86. The van der Waals surface area contributed by atoms with E-state index in [1.165, 1.54) is 11.1 Å². The number of aryl methyl sites for hydroxylation is 1. The normalized spacial score (nSPS) is 9.40. The number of benzene rings is 1. The molecule has 0 spiro atoms. The summed E-state index contributed by atoms with van der Waals surface area (Å²) in [5.74, 6) is 0. The second-order valence-electron chi connectivity index (χ2n) is 4.00. The minimum absolute atomic E-state index is 0.976. The molecule has 0 aromatic heterocycles. The first-order valence-corrected chi connectivity index (χ1v) is 6.85. The molecule has 0 saturated carbocycles. The van der Waals surface area contributed by atoms with Crippen molar-refractivity contribution in [1.82, 2.24) is 0 Å². The molecule has 0 unspecified atom stereocenters. The van der Waals surface area contributed by atoms with Crippen LogP contribution in [0.4, 0.5) is 0 Å². The minimum atomic E-state index is 0.976. The second kappa shape index (κ2) is 13.4. The maximum Gasteiger partial charge on any atom is -0.0256 e. The van der Waals surface area contributed by atoms with Gasteiger partial charge in [0.25, 0.3) is 0 Å². The van der Waals surface area contributed by atoms with Crippen molar-refractivity contribution in [2.45, 2.75) is 27.7 Å². The Labute approximate surface area is 125 Å². The summed E-state index contributed by atoms with van der Waals surface area (Å²) in [6.45, 7) is 21.8. The van der Waals surface area contributed by atoms with Crippen LogP contribution in [0.2, 0.25) is 0 Å². The van der Waals surface area contributed by atoms with Crippen LogP contribution in [-0.2, 0) is 0 Å². The highest BCUT2D eigenvalue weighted by atomic mass is 13.9. The zero-order chi connectivity index (χ0) is 16.0. The molecule has 0 bridgehead atoms. The third-order valence-electron chi connectivity index (χ3n) is 2.15. The molecule has 0 saturated heterocycles. The number of allylic oxidation sites excluding steroid dienone is 5. The van der Waals surface area contributed by atoms with Crippen molar-refractivity contribution in [3.05, 3.63) is 91.1 Å². The minimum Gasteiger partial charge on any atom is -0.106 e. The smallest absolute Gasteiger partial charge is 0.0256 e. The van der Waals surface area contributed by atoms with Crippen LogP contribution < -0.4 is 0 Å². The van der Waals surface area contributed by atoms with Gasteiger partial charge in [-0.15, -0.1) is 13.2 Å². The SMILES string of the molecule is C=C.C=C(C)/C=C\C(=C)/C=C/c1ccc(C)cc1.CC. The molecule has 0 radical (unpaired) electrons. The molecule has 0 aliphatic heterocycles. The highest BCUT2D eigenvalue weighted by molar-refractivity contribution is 5.54. The fourth-order valence-corrected chi connectivity index (χ4v) is 1.19. The monoisotopic (exact) mass is 268 g/mol. The van der Waals surface area contributed by atoms with Crippen LogP contribution in [0.15, 0.2) is 80.0 Å². The molecule has 0 fully saturated rings. The van der Waals surface area contributed by atoms with E-state index in [1.807, 2.05) is 39.0 Å². The van der Waals surface area contributed by atoms with Crippen LogP contribution in [0.1, 0.15) is 31.9 Å². The molecule has 0 nitrogen and oxygen atoms in total. The molecule has 1 aromatic rings. The second-order valence-corrected chi connectivity index (χ2v) is 4.00. The lowest BCUT2D eigenvalue weighted by Gasteiger charge is -1.95. The summed E-state index contributed by atoms with van der Waals surface area (Å²) >= 11 is 0. The van der Waals surface area contributed by atoms with Gasteiger partial charge < -0.3 is 0 Å². The van der Waals surface area contributed by atoms with Crippen molar-refractivity contribution in [3.63, 3.8) is 0 Å². The maximum atomic E-state index is 3.94. The molecule has 0 amide bonds. The summed E-state index contributed by atoms with van der Waals surface area (Å²) in [7, 11) is 0. The van der Waals surface area contributed by atoms with Crippen LogP contribution >= 0.6 is 0 Å². The van der Waals surface area contributed by atoms with Crippen LogP contribution in [-0.4, -0.2) is 0 Å². The topological polar surface area (TPSA) is 0 Å². The average molecular weight is 268 g/mol. The molecule has 0 aliphatic rings. The molecule has 1 rings (SSSR count). The molecule has 0 aliphatic carbocycles. The largest absolute Gasteiger partial charge is 0.106 e. The van der Waals surface area contributed by atoms with E-state index in [-0.39, 0.29) is 0 Å². The van der Waals surface area contributed by atoms with Gasteiger partial charge in [0, 0.05) is 0 Å².